The van der Waals surface area contributed by atoms with Crippen molar-refractivity contribution >= 4 is 17.8 Å². The third kappa shape index (κ3) is 7.68. The van der Waals surface area contributed by atoms with E-state index in [4.69, 9.17) is 5.11 Å². The molecule has 0 aromatic heterocycles. The van der Waals surface area contributed by atoms with Gasteiger partial charge in [-0.1, -0.05) is 13.8 Å². The minimum Gasteiger partial charge on any atom is -0.480 e. The van der Waals surface area contributed by atoms with Gasteiger partial charge in [0.1, 0.15) is 5.54 Å². The molecule has 0 aromatic rings. The number of carbonyl (C=O) groups excluding carboxylic acids is 2. The lowest BCUT2D eigenvalue weighted by atomic mass is 10.1. The van der Waals surface area contributed by atoms with Crippen LogP contribution in [0.2, 0.25) is 0 Å². The summed E-state index contributed by atoms with van der Waals surface area (Å²) in [6.07, 6.45) is 2.75. The lowest BCUT2D eigenvalue weighted by Crippen LogP contribution is -2.49. The summed E-state index contributed by atoms with van der Waals surface area (Å²) in [5.74, 6) is -1.36. The van der Waals surface area contributed by atoms with E-state index >= 15 is 0 Å². The highest BCUT2D eigenvalue weighted by atomic mass is 16.4. The molecule has 2 amide bonds. The molecular formula is C15H28N2O4. The molecule has 6 heteroatoms. The second-order valence-corrected chi connectivity index (χ2v) is 5.71. The maximum atomic E-state index is 12.0. The average Bonchev–Trinajstić information content (AvgIpc) is 2.37. The summed E-state index contributed by atoms with van der Waals surface area (Å²) in [7, 11) is 0. The first kappa shape index (κ1) is 19.4. The largest absolute Gasteiger partial charge is 0.480 e. The first-order valence-corrected chi connectivity index (χ1v) is 7.56. The Morgan fingerprint density at radius 2 is 1.57 bits per heavy atom. The van der Waals surface area contributed by atoms with E-state index in [0.29, 0.717) is 12.8 Å². The van der Waals surface area contributed by atoms with Gasteiger partial charge in [-0.3, -0.25) is 9.59 Å². The minimum atomic E-state index is -1.28. The molecule has 0 aliphatic carbocycles. The number of carbonyl (C=O) groups is 3. The molecule has 0 spiro atoms. The van der Waals surface area contributed by atoms with Crippen LogP contribution in [0.25, 0.3) is 0 Å². The predicted octanol–water partition coefficient (Wildman–Crippen LogP) is 1.78. The number of nitrogens with zero attached hydrogens (tertiary/aromatic N) is 1. The van der Waals surface area contributed by atoms with E-state index in [1.165, 1.54) is 13.8 Å². The maximum absolute atomic E-state index is 12.0. The van der Waals surface area contributed by atoms with Gasteiger partial charge in [-0.2, -0.15) is 0 Å². The molecule has 0 saturated heterocycles. The van der Waals surface area contributed by atoms with E-state index in [2.05, 4.69) is 5.32 Å². The van der Waals surface area contributed by atoms with Crippen LogP contribution in [-0.4, -0.2) is 46.4 Å². The zero-order valence-electron chi connectivity index (χ0n) is 13.6. The van der Waals surface area contributed by atoms with Crippen molar-refractivity contribution in [2.45, 2.75) is 65.3 Å². The predicted molar refractivity (Wildman–Crippen MR) is 80.9 cm³/mol. The average molecular weight is 300 g/mol. The van der Waals surface area contributed by atoms with E-state index in [1.807, 2.05) is 18.7 Å². The molecule has 122 valence electrons. The van der Waals surface area contributed by atoms with Crippen molar-refractivity contribution in [2.24, 2.45) is 0 Å². The quantitative estimate of drug-likeness (QED) is 0.644. The van der Waals surface area contributed by atoms with E-state index < -0.39 is 11.5 Å². The minimum absolute atomic E-state index is 0.0593. The third-order valence-electron chi connectivity index (χ3n) is 3.12. The number of rotatable bonds is 10. The molecule has 2 N–H and O–H groups in total. The van der Waals surface area contributed by atoms with Crippen LogP contribution in [0.3, 0.4) is 0 Å². The fourth-order valence-corrected chi connectivity index (χ4v) is 1.92. The van der Waals surface area contributed by atoms with Gasteiger partial charge in [0.25, 0.3) is 0 Å². The Labute approximate surface area is 126 Å². The monoisotopic (exact) mass is 300 g/mol. The SMILES string of the molecule is CCCN(CCC)C(=O)CCCC(=O)NC(C)(C)C(=O)O. The highest BCUT2D eigenvalue weighted by molar-refractivity contribution is 5.86. The molecule has 0 rings (SSSR count). The summed E-state index contributed by atoms with van der Waals surface area (Å²) in [5, 5.41) is 11.4. The zero-order chi connectivity index (χ0) is 16.5. The summed E-state index contributed by atoms with van der Waals surface area (Å²) in [4.78, 5) is 36.4. The molecule has 0 radical (unpaired) electrons. The van der Waals surface area contributed by atoms with Gasteiger partial charge in [-0.15, -0.1) is 0 Å². The van der Waals surface area contributed by atoms with E-state index in [9.17, 15) is 14.4 Å². The second-order valence-electron chi connectivity index (χ2n) is 5.71. The fourth-order valence-electron chi connectivity index (χ4n) is 1.92. The summed E-state index contributed by atoms with van der Waals surface area (Å²) < 4.78 is 0. The standard InChI is InChI=1S/C15H28N2O4/c1-5-10-17(11-6-2)13(19)9-7-8-12(18)16-15(3,4)14(20)21/h5-11H2,1-4H3,(H,16,18)(H,20,21). The van der Waals surface area contributed by atoms with Crippen molar-refractivity contribution in [3.63, 3.8) is 0 Å². The van der Waals surface area contributed by atoms with Crippen LogP contribution in [0.15, 0.2) is 0 Å². The summed E-state index contributed by atoms with van der Waals surface area (Å²) in [6.45, 7) is 8.40. The molecule has 0 heterocycles. The van der Waals surface area contributed by atoms with Crippen LogP contribution >= 0.6 is 0 Å². The topological polar surface area (TPSA) is 86.7 Å². The molecule has 0 atom stereocenters. The molecule has 0 aromatic carbocycles. The van der Waals surface area contributed by atoms with Crippen LogP contribution in [0.5, 0.6) is 0 Å². The molecule has 0 unspecified atom stereocenters. The highest BCUT2D eigenvalue weighted by Gasteiger charge is 2.28. The van der Waals surface area contributed by atoms with Crippen LogP contribution in [0.1, 0.15) is 59.8 Å². The number of aliphatic carboxylic acids is 1. The Bertz CT molecular complexity index is 361. The highest BCUT2D eigenvalue weighted by Crippen LogP contribution is 2.06. The van der Waals surface area contributed by atoms with Gasteiger partial charge in [0.2, 0.25) is 11.8 Å². The van der Waals surface area contributed by atoms with Crippen LogP contribution in [0.4, 0.5) is 0 Å². The van der Waals surface area contributed by atoms with Crippen LogP contribution in [0, 0.1) is 0 Å². The van der Waals surface area contributed by atoms with Gasteiger partial charge in [0.15, 0.2) is 0 Å². The Hall–Kier alpha value is -1.59. The number of hydrogen-bond donors (Lipinski definition) is 2. The van der Waals surface area contributed by atoms with Crippen molar-refractivity contribution in [1.82, 2.24) is 10.2 Å². The van der Waals surface area contributed by atoms with Gasteiger partial charge in [-0.05, 0) is 33.1 Å². The molecule has 0 aliphatic heterocycles. The molecular weight excluding hydrogens is 272 g/mol. The smallest absolute Gasteiger partial charge is 0.328 e. The van der Waals surface area contributed by atoms with Gasteiger partial charge in [0, 0.05) is 25.9 Å². The number of carboxylic acids is 1. The Kier molecular flexibility index (Phi) is 8.66. The molecule has 0 bridgehead atoms. The first-order chi connectivity index (χ1) is 9.74. The van der Waals surface area contributed by atoms with Crippen molar-refractivity contribution in [3.8, 4) is 0 Å². The third-order valence-corrected chi connectivity index (χ3v) is 3.12. The Morgan fingerprint density at radius 3 is 2.00 bits per heavy atom. The van der Waals surface area contributed by atoms with Gasteiger partial charge in [0.05, 0.1) is 0 Å². The molecule has 6 nitrogen and oxygen atoms in total. The Balaban J connectivity index is 4.15. The van der Waals surface area contributed by atoms with E-state index in [1.54, 1.807) is 0 Å². The lowest BCUT2D eigenvalue weighted by molar-refractivity contribution is -0.146. The van der Waals surface area contributed by atoms with E-state index in [-0.39, 0.29) is 18.2 Å². The zero-order valence-corrected chi connectivity index (χ0v) is 13.6. The molecule has 21 heavy (non-hydrogen) atoms. The number of nitrogens with one attached hydrogen (secondary N) is 1. The van der Waals surface area contributed by atoms with Crippen LogP contribution < -0.4 is 5.32 Å². The molecule has 0 saturated carbocycles. The summed E-state index contributed by atoms with van der Waals surface area (Å²) in [6, 6.07) is 0. The maximum Gasteiger partial charge on any atom is 0.328 e. The van der Waals surface area contributed by atoms with Crippen molar-refractivity contribution in [1.29, 1.82) is 0 Å². The van der Waals surface area contributed by atoms with Crippen molar-refractivity contribution < 1.29 is 19.5 Å². The van der Waals surface area contributed by atoms with Gasteiger partial charge < -0.3 is 15.3 Å². The van der Waals surface area contributed by atoms with Crippen molar-refractivity contribution in [3.05, 3.63) is 0 Å². The van der Waals surface area contributed by atoms with Gasteiger partial charge >= 0.3 is 5.97 Å². The summed E-state index contributed by atoms with van der Waals surface area (Å²) in [5.41, 5.74) is -1.28. The lowest BCUT2D eigenvalue weighted by Gasteiger charge is -2.22. The van der Waals surface area contributed by atoms with Gasteiger partial charge in [-0.25, -0.2) is 4.79 Å². The second kappa shape index (κ2) is 9.37. The normalized spacial score (nSPS) is 11.0. The number of hydrogen-bond acceptors (Lipinski definition) is 3. The summed E-state index contributed by atoms with van der Waals surface area (Å²) >= 11 is 0. The van der Waals surface area contributed by atoms with E-state index in [0.717, 1.165) is 25.9 Å². The van der Waals surface area contributed by atoms with Crippen molar-refractivity contribution in [2.75, 3.05) is 13.1 Å². The van der Waals surface area contributed by atoms with Crippen LogP contribution in [-0.2, 0) is 14.4 Å². The molecule has 0 fully saturated rings. The fraction of sp³-hybridized carbons (Fsp3) is 0.800. The number of amides is 2. The first-order valence-electron chi connectivity index (χ1n) is 7.56. The molecule has 0 aliphatic rings. The number of carboxylic acid groups (broad SMARTS) is 1. The Morgan fingerprint density at radius 1 is 1.05 bits per heavy atom.